The van der Waals surface area contributed by atoms with Gasteiger partial charge in [-0.2, -0.15) is 0 Å². The largest absolute Gasteiger partial charge is 0.495 e. The van der Waals surface area contributed by atoms with E-state index in [1.165, 1.54) is 4.57 Å². The van der Waals surface area contributed by atoms with E-state index in [-0.39, 0.29) is 23.3 Å². The number of nitrogens with one attached hydrogen (secondary N) is 1. The van der Waals surface area contributed by atoms with Gasteiger partial charge in [-0.05, 0) is 63.6 Å². The molecule has 1 aromatic heterocycles. The molecule has 2 aliphatic rings. The second kappa shape index (κ2) is 12.7. The van der Waals surface area contributed by atoms with Crippen molar-refractivity contribution in [3.05, 3.63) is 57.2 Å². The first-order valence-electron chi connectivity index (χ1n) is 14.7. The summed E-state index contributed by atoms with van der Waals surface area (Å²) in [5.41, 5.74) is 0.729. The summed E-state index contributed by atoms with van der Waals surface area (Å²) in [7, 11) is 1.68. The Hall–Kier alpha value is -3.95. The maximum atomic E-state index is 13.4. The van der Waals surface area contributed by atoms with Gasteiger partial charge < -0.3 is 29.0 Å². The number of ether oxygens (including phenoxy) is 3. The zero-order chi connectivity index (χ0) is 28.9. The smallest absolute Gasteiger partial charge is 0.328 e. The number of amides is 1. The molecule has 1 N–H and O–H groups in total. The van der Waals surface area contributed by atoms with Crippen molar-refractivity contribution in [2.75, 3.05) is 51.4 Å². The number of H-pyrrole nitrogens is 1. The summed E-state index contributed by atoms with van der Waals surface area (Å²) in [4.78, 5) is 46.7. The second-order valence-electron chi connectivity index (χ2n) is 10.8. The van der Waals surface area contributed by atoms with Gasteiger partial charge in [-0.15, -0.1) is 0 Å². The molecule has 0 unspecified atom stereocenters. The Kier molecular flexibility index (Phi) is 8.85. The molecule has 1 aliphatic heterocycles. The normalized spacial score (nSPS) is 19.3. The molecule has 2 heterocycles. The summed E-state index contributed by atoms with van der Waals surface area (Å²) < 4.78 is 18.1. The molecule has 10 nitrogen and oxygen atoms in total. The van der Waals surface area contributed by atoms with E-state index in [0.717, 1.165) is 50.2 Å². The third kappa shape index (κ3) is 6.06. The number of rotatable bonds is 9. The molecular formula is C31H40N4O6. The minimum Gasteiger partial charge on any atom is -0.495 e. The number of piperazine rings is 1. The Morgan fingerprint density at radius 3 is 2.22 bits per heavy atom. The number of hydrogen-bond donors (Lipinski definition) is 1. The van der Waals surface area contributed by atoms with Crippen molar-refractivity contribution in [1.82, 2.24) is 14.5 Å². The van der Waals surface area contributed by atoms with E-state index in [1.54, 1.807) is 19.2 Å². The van der Waals surface area contributed by atoms with Gasteiger partial charge in [0, 0.05) is 44.7 Å². The quantitative estimate of drug-likeness (QED) is 0.423. The highest BCUT2D eigenvalue weighted by Crippen LogP contribution is 2.33. The number of carbonyl (C=O) groups is 1. The van der Waals surface area contributed by atoms with Gasteiger partial charge in [-0.3, -0.25) is 14.2 Å². The lowest BCUT2D eigenvalue weighted by Gasteiger charge is -2.39. The predicted octanol–water partition coefficient (Wildman–Crippen LogP) is 3.65. The minimum atomic E-state index is -0.430. The average Bonchev–Trinajstić information content (AvgIpc) is 3.00. The van der Waals surface area contributed by atoms with E-state index < -0.39 is 5.69 Å². The van der Waals surface area contributed by atoms with E-state index in [1.807, 2.05) is 36.9 Å². The van der Waals surface area contributed by atoms with Gasteiger partial charge in [0.15, 0.2) is 11.5 Å². The number of methoxy groups -OCH3 is 1. The number of aromatic nitrogens is 2. The van der Waals surface area contributed by atoms with Crippen LogP contribution in [0.25, 0.3) is 10.9 Å². The summed E-state index contributed by atoms with van der Waals surface area (Å²) in [6, 6.07) is 11.3. The van der Waals surface area contributed by atoms with Gasteiger partial charge in [0.25, 0.3) is 5.56 Å². The fraction of sp³-hybridized carbons (Fsp3) is 0.516. The van der Waals surface area contributed by atoms with Crippen molar-refractivity contribution < 1.29 is 19.0 Å². The lowest BCUT2D eigenvalue weighted by molar-refractivity contribution is -0.137. The van der Waals surface area contributed by atoms with Crippen LogP contribution in [0.4, 0.5) is 5.69 Å². The molecule has 0 spiro atoms. The standard InChI is InChI=1S/C31H40N4O6/c1-4-40-27-18-23-24(19-28(27)41-5-2)32-31(38)35(30(23)37)20-21-10-12-22(13-11-21)29(36)34-16-14-33(15-17-34)25-8-6-7-9-26(25)39-3/h6-9,18-19,21-22H,4-5,10-17,20H2,1-3H3,(H,32,38). The molecule has 1 saturated carbocycles. The molecular weight excluding hydrogens is 524 g/mol. The molecule has 2 aromatic carbocycles. The Morgan fingerprint density at radius 2 is 1.56 bits per heavy atom. The number of nitrogens with zero attached hydrogens (tertiary/aromatic N) is 3. The number of benzene rings is 2. The van der Waals surface area contributed by atoms with E-state index in [2.05, 4.69) is 16.0 Å². The molecule has 3 aromatic rings. The van der Waals surface area contributed by atoms with Crippen molar-refractivity contribution in [3.8, 4) is 17.2 Å². The van der Waals surface area contributed by atoms with Crippen LogP contribution in [0.3, 0.4) is 0 Å². The number of aromatic amines is 1. The third-order valence-electron chi connectivity index (χ3n) is 8.30. The first-order valence-corrected chi connectivity index (χ1v) is 14.7. The van der Waals surface area contributed by atoms with E-state index in [4.69, 9.17) is 14.2 Å². The van der Waals surface area contributed by atoms with Crippen LogP contribution in [-0.4, -0.2) is 66.9 Å². The lowest BCUT2D eigenvalue weighted by atomic mass is 9.81. The number of hydrogen-bond acceptors (Lipinski definition) is 7. The maximum Gasteiger partial charge on any atom is 0.328 e. The molecule has 10 heteroatoms. The maximum absolute atomic E-state index is 13.4. The highest BCUT2D eigenvalue weighted by molar-refractivity contribution is 5.82. The van der Waals surface area contributed by atoms with Crippen molar-refractivity contribution in [3.63, 3.8) is 0 Å². The molecule has 0 atom stereocenters. The first-order chi connectivity index (χ1) is 19.9. The summed E-state index contributed by atoms with van der Waals surface area (Å²) >= 11 is 0. The van der Waals surface area contributed by atoms with Crippen LogP contribution >= 0.6 is 0 Å². The summed E-state index contributed by atoms with van der Waals surface area (Å²) in [6.45, 7) is 7.86. The molecule has 1 amide bonds. The van der Waals surface area contributed by atoms with Crippen molar-refractivity contribution in [2.45, 2.75) is 46.1 Å². The molecule has 1 saturated heterocycles. The predicted molar refractivity (Wildman–Crippen MR) is 158 cm³/mol. The number of anilines is 1. The van der Waals surface area contributed by atoms with Gasteiger partial charge in [0.1, 0.15) is 5.75 Å². The highest BCUT2D eigenvalue weighted by Gasteiger charge is 2.32. The molecule has 1 aliphatic carbocycles. The fourth-order valence-corrected chi connectivity index (χ4v) is 6.13. The number of carbonyl (C=O) groups excluding carboxylic acids is 1. The molecule has 41 heavy (non-hydrogen) atoms. The topological polar surface area (TPSA) is 106 Å². The number of para-hydroxylation sites is 2. The Morgan fingerprint density at radius 1 is 0.902 bits per heavy atom. The summed E-state index contributed by atoms with van der Waals surface area (Å²) in [6.07, 6.45) is 3.13. The summed E-state index contributed by atoms with van der Waals surface area (Å²) in [5, 5.41) is 0.396. The Labute approximate surface area is 239 Å². The van der Waals surface area contributed by atoms with Gasteiger partial charge in [0.2, 0.25) is 5.91 Å². The molecule has 2 fully saturated rings. The third-order valence-corrected chi connectivity index (χ3v) is 8.30. The van der Waals surface area contributed by atoms with E-state index >= 15 is 0 Å². The molecule has 220 valence electrons. The van der Waals surface area contributed by atoms with Crippen LogP contribution in [-0.2, 0) is 11.3 Å². The fourth-order valence-electron chi connectivity index (χ4n) is 6.13. The first kappa shape index (κ1) is 28.6. The lowest BCUT2D eigenvalue weighted by Crippen LogP contribution is -2.51. The highest BCUT2D eigenvalue weighted by atomic mass is 16.5. The Bertz CT molecular complexity index is 1480. The van der Waals surface area contributed by atoms with Crippen LogP contribution in [0.1, 0.15) is 39.5 Å². The monoisotopic (exact) mass is 564 g/mol. The van der Waals surface area contributed by atoms with Crippen LogP contribution in [0.15, 0.2) is 46.0 Å². The zero-order valence-corrected chi connectivity index (χ0v) is 24.2. The minimum absolute atomic E-state index is 0.0126. The van der Waals surface area contributed by atoms with Gasteiger partial charge in [-0.1, -0.05) is 12.1 Å². The average molecular weight is 565 g/mol. The number of fused-ring (bicyclic) bond motifs is 1. The molecule has 0 bridgehead atoms. The second-order valence-corrected chi connectivity index (χ2v) is 10.8. The van der Waals surface area contributed by atoms with E-state index in [0.29, 0.717) is 55.2 Å². The van der Waals surface area contributed by atoms with Crippen LogP contribution in [0, 0.1) is 11.8 Å². The van der Waals surface area contributed by atoms with Gasteiger partial charge in [0.05, 0.1) is 36.9 Å². The van der Waals surface area contributed by atoms with Crippen LogP contribution in [0.2, 0.25) is 0 Å². The van der Waals surface area contributed by atoms with Crippen molar-refractivity contribution in [1.29, 1.82) is 0 Å². The summed E-state index contributed by atoms with van der Waals surface area (Å²) in [5.74, 6) is 2.20. The Balaban J connectivity index is 1.20. The molecule has 0 radical (unpaired) electrons. The molecule has 5 rings (SSSR count). The van der Waals surface area contributed by atoms with Crippen molar-refractivity contribution in [2.24, 2.45) is 11.8 Å². The zero-order valence-electron chi connectivity index (χ0n) is 24.2. The van der Waals surface area contributed by atoms with Crippen molar-refractivity contribution >= 4 is 22.5 Å². The van der Waals surface area contributed by atoms with E-state index in [9.17, 15) is 14.4 Å². The van der Waals surface area contributed by atoms with Gasteiger partial charge >= 0.3 is 5.69 Å². The van der Waals surface area contributed by atoms with Gasteiger partial charge in [-0.25, -0.2) is 4.79 Å². The van der Waals surface area contributed by atoms with Crippen LogP contribution < -0.4 is 30.4 Å². The SMILES string of the molecule is CCOc1cc2[nH]c(=O)n(CC3CCC(C(=O)N4CCN(c5ccccc5OC)CC4)CC3)c(=O)c2cc1OCC. The van der Waals surface area contributed by atoms with Crippen LogP contribution in [0.5, 0.6) is 17.2 Å².